The summed E-state index contributed by atoms with van der Waals surface area (Å²) in [5.74, 6) is -1.60. The third-order valence-electron chi connectivity index (χ3n) is 15.7. The molecule has 0 spiro atoms. The maximum absolute atomic E-state index is 12.9. The van der Waals surface area contributed by atoms with E-state index in [1.165, 1.54) is 122 Å². The van der Waals surface area contributed by atoms with Crippen molar-refractivity contribution in [2.24, 2.45) is 0 Å². The fraction of sp³-hybridized carbons (Fsp3) is 0.753. The molecule has 0 aromatic heterocycles. The lowest BCUT2D eigenvalue weighted by molar-refractivity contribution is -0.161. The normalized spacial score (nSPS) is 14.6. The largest absolute Gasteiger partial charge is 0.472 e. The van der Waals surface area contributed by atoms with Crippen molar-refractivity contribution >= 4 is 33.6 Å². The third kappa shape index (κ3) is 71.6. The Hall–Kier alpha value is -3.53. The molecule has 0 rings (SSSR count). The molecule has 0 aliphatic carbocycles. The maximum atomic E-state index is 12.9. The Morgan fingerprint density at radius 1 is 0.295 bits per heavy atom. The molecule has 0 saturated heterocycles. The molecule has 95 heavy (non-hydrogen) atoms. The highest BCUT2D eigenvalue weighted by atomic mass is 31.2. The minimum atomic E-state index is -4.93. The molecule has 18 heteroatoms. The quantitative estimate of drug-likeness (QED) is 0.0146. The summed E-state index contributed by atoms with van der Waals surface area (Å²) in [6.45, 7) is 2.53. The van der Waals surface area contributed by atoms with Crippen LogP contribution in [0.2, 0.25) is 0 Å². The first kappa shape index (κ1) is 91.5. The van der Waals surface area contributed by atoms with Crippen molar-refractivity contribution in [2.75, 3.05) is 39.6 Å². The lowest BCUT2D eigenvalue weighted by Gasteiger charge is -2.21. The first-order valence-corrected chi connectivity index (χ1v) is 40.5. The first-order chi connectivity index (χ1) is 46.2. The number of aliphatic hydroxyl groups is 2. The standard InChI is InChI=1S/C77H136O16P2/c1-4-7-10-13-16-19-22-25-27-28-29-30-31-32-33-34-35-36-37-38-39-40-41-42-44-47-48-51-54-57-60-63-75(80)87-66-72(78)67-89-94(83,84)90-68-73(79)69-91-95(85,86)92-71-74(93-77(82)65-62-59-56-53-50-45-24-21-18-15-12-9-6-3)70-88-76(81)64-61-58-55-52-49-46-43-26-23-20-17-14-11-8-5-2/h12,15-17,19-21,24-27,29-30,32-33,43,72-74,78-79H,4-11,13-14,18,22-23,28,31,34-42,44-71H2,1-3H3,(H,83,84)(H,85,86)/b15-12-,19-16-,20-17-,24-21-,27-25-,30-29-,33-32-,43-26-. The summed E-state index contributed by atoms with van der Waals surface area (Å²) in [6, 6.07) is 0. The number of phosphoric acid groups is 2. The number of hydrogen-bond donors (Lipinski definition) is 4. The van der Waals surface area contributed by atoms with Gasteiger partial charge in [0.05, 0.1) is 26.4 Å². The number of ether oxygens (including phenoxy) is 3. The van der Waals surface area contributed by atoms with E-state index in [4.69, 9.17) is 32.3 Å². The molecule has 0 aliphatic heterocycles. The van der Waals surface area contributed by atoms with E-state index in [0.717, 1.165) is 135 Å². The fourth-order valence-electron chi connectivity index (χ4n) is 9.98. The number of phosphoric ester groups is 2. The van der Waals surface area contributed by atoms with Crippen LogP contribution in [0.3, 0.4) is 0 Å². The number of aliphatic hydroxyl groups excluding tert-OH is 2. The SMILES string of the molecule is CCC/C=C\C/C=C\CCCCCCCC(=O)OC(COC(=O)CCCCCCC/C=C\C/C=C\CCCCC)COP(=O)(O)OCC(O)COP(=O)(O)OCC(O)COC(=O)CCCCCCCCCCCCCCCCC/C=C\C/C=C\C/C=C\C/C=C\CCCCC. The van der Waals surface area contributed by atoms with Crippen LogP contribution >= 0.6 is 15.6 Å². The van der Waals surface area contributed by atoms with Crippen molar-refractivity contribution in [3.8, 4) is 0 Å². The van der Waals surface area contributed by atoms with Crippen molar-refractivity contribution < 1.29 is 75.8 Å². The van der Waals surface area contributed by atoms with Gasteiger partial charge in [-0.25, -0.2) is 9.13 Å². The summed E-state index contributed by atoms with van der Waals surface area (Å²) in [5.41, 5.74) is 0. The Morgan fingerprint density at radius 3 is 0.874 bits per heavy atom. The highest BCUT2D eigenvalue weighted by Gasteiger charge is 2.29. The molecule has 0 fully saturated rings. The van der Waals surface area contributed by atoms with E-state index in [1.54, 1.807) is 0 Å². The van der Waals surface area contributed by atoms with E-state index >= 15 is 0 Å². The molecular formula is C77H136O16P2. The van der Waals surface area contributed by atoms with E-state index in [2.05, 4.69) is 118 Å². The first-order valence-electron chi connectivity index (χ1n) is 37.5. The van der Waals surface area contributed by atoms with Gasteiger partial charge >= 0.3 is 33.6 Å². The predicted octanol–water partition coefficient (Wildman–Crippen LogP) is 21.4. The Balaban J connectivity index is 4.40. The van der Waals surface area contributed by atoms with Crippen molar-refractivity contribution in [1.82, 2.24) is 0 Å². The van der Waals surface area contributed by atoms with Gasteiger partial charge in [-0.05, 0) is 122 Å². The molecule has 0 aromatic carbocycles. The van der Waals surface area contributed by atoms with Crippen LogP contribution in [0.25, 0.3) is 0 Å². The smallest absolute Gasteiger partial charge is 0.463 e. The van der Waals surface area contributed by atoms with Crippen LogP contribution in [0.15, 0.2) is 97.2 Å². The summed E-state index contributed by atoms with van der Waals surface area (Å²) in [6.07, 6.45) is 79.1. The molecular weight excluding hydrogens is 1240 g/mol. The van der Waals surface area contributed by atoms with Crippen LogP contribution in [0.5, 0.6) is 0 Å². The van der Waals surface area contributed by atoms with Gasteiger partial charge in [0.25, 0.3) is 0 Å². The van der Waals surface area contributed by atoms with Gasteiger partial charge in [-0.15, -0.1) is 0 Å². The summed E-state index contributed by atoms with van der Waals surface area (Å²) in [4.78, 5) is 58.4. The molecule has 0 bridgehead atoms. The van der Waals surface area contributed by atoms with Crippen molar-refractivity contribution in [3.05, 3.63) is 97.2 Å². The maximum Gasteiger partial charge on any atom is 0.472 e. The highest BCUT2D eigenvalue weighted by molar-refractivity contribution is 7.47. The van der Waals surface area contributed by atoms with Gasteiger partial charge in [-0.3, -0.25) is 32.5 Å². The van der Waals surface area contributed by atoms with Crippen molar-refractivity contribution in [3.63, 3.8) is 0 Å². The molecule has 0 aliphatic rings. The summed E-state index contributed by atoms with van der Waals surface area (Å²) in [5, 5.41) is 20.6. The Labute approximate surface area is 578 Å². The minimum Gasteiger partial charge on any atom is -0.463 e. The lowest BCUT2D eigenvalue weighted by atomic mass is 10.0. The molecule has 0 aromatic rings. The predicted molar refractivity (Wildman–Crippen MR) is 390 cm³/mol. The topological polar surface area (TPSA) is 231 Å². The van der Waals surface area contributed by atoms with Gasteiger partial charge in [-0.1, -0.05) is 272 Å². The molecule has 0 heterocycles. The second-order valence-corrected chi connectivity index (χ2v) is 28.0. The van der Waals surface area contributed by atoms with Crippen LogP contribution in [0.4, 0.5) is 0 Å². The van der Waals surface area contributed by atoms with Crippen LogP contribution in [-0.4, -0.2) is 95.9 Å². The molecule has 5 unspecified atom stereocenters. The minimum absolute atomic E-state index is 0.0855. The molecule has 16 nitrogen and oxygen atoms in total. The number of unbranched alkanes of at least 4 members (excludes halogenated alkanes) is 32. The van der Waals surface area contributed by atoms with Gasteiger partial charge in [0, 0.05) is 19.3 Å². The van der Waals surface area contributed by atoms with Crippen LogP contribution in [0, 0.1) is 0 Å². The summed E-state index contributed by atoms with van der Waals surface area (Å²) < 4.78 is 60.9. The number of hydrogen-bond acceptors (Lipinski definition) is 14. The number of carbonyl (C=O) groups excluding carboxylic acids is 3. The van der Waals surface area contributed by atoms with Gasteiger partial charge in [0.15, 0.2) is 6.10 Å². The molecule has 4 N–H and O–H groups in total. The number of rotatable bonds is 71. The van der Waals surface area contributed by atoms with E-state index in [0.29, 0.717) is 19.3 Å². The Morgan fingerprint density at radius 2 is 0.547 bits per heavy atom. The zero-order valence-electron chi connectivity index (χ0n) is 59.8. The molecule has 550 valence electrons. The van der Waals surface area contributed by atoms with Gasteiger partial charge in [0.1, 0.15) is 25.4 Å². The highest BCUT2D eigenvalue weighted by Crippen LogP contribution is 2.45. The zero-order valence-corrected chi connectivity index (χ0v) is 61.6. The number of carbonyl (C=O) groups is 3. The number of esters is 3. The average Bonchev–Trinajstić information content (AvgIpc) is 1.85. The van der Waals surface area contributed by atoms with Crippen molar-refractivity contribution in [1.29, 1.82) is 0 Å². The zero-order chi connectivity index (χ0) is 69.5. The van der Waals surface area contributed by atoms with Gasteiger partial charge in [-0.2, -0.15) is 0 Å². The third-order valence-corrected chi connectivity index (χ3v) is 17.6. The Kier molecular flexibility index (Phi) is 67.7. The van der Waals surface area contributed by atoms with Crippen LogP contribution < -0.4 is 0 Å². The molecule has 0 amide bonds. The second kappa shape index (κ2) is 70.3. The number of allylic oxidation sites excluding steroid dienone is 16. The second-order valence-electron chi connectivity index (χ2n) is 25.1. The molecule has 0 radical (unpaired) electrons. The molecule has 5 atom stereocenters. The van der Waals surface area contributed by atoms with Crippen LogP contribution in [0.1, 0.15) is 316 Å². The van der Waals surface area contributed by atoms with Crippen LogP contribution in [-0.2, 0) is 55.8 Å². The van der Waals surface area contributed by atoms with E-state index in [9.17, 15) is 43.5 Å². The van der Waals surface area contributed by atoms with E-state index in [-0.39, 0.29) is 19.3 Å². The fourth-order valence-corrected chi connectivity index (χ4v) is 11.6. The average molecular weight is 1380 g/mol. The monoisotopic (exact) mass is 1380 g/mol. The van der Waals surface area contributed by atoms with Crippen molar-refractivity contribution in [2.45, 2.75) is 334 Å². The van der Waals surface area contributed by atoms with E-state index < -0.39 is 91.5 Å². The lowest BCUT2D eigenvalue weighted by Crippen LogP contribution is -2.30. The Bertz CT molecular complexity index is 2120. The molecule has 0 saturated carbocycles. The summed E-state index contributed by atoms with van der Waals surface area (Å²) in [7, 11) is -9.78. The van der Waals surface area contributed by atoms with Gasteiger partial charge < -0.3 is 34.2 Å². The summed E-state index contributed by atoms with van der Waals surface area (Å²) >= 11 is 0. The van der Waals surface area contributed by atoms with E-state index in [1.807, 2.05) is 0 Å². The van der Waals surface area contributed by atoms with Gasteiger partial charge in [0.2, 0.25) is 0 Å².